The summed E-state index contributed by atoms with van der Waals surface area (Å²) >= 11 is 0. The van der Waals surface area contributed by atoms with Crippen molar-refractivity contribution in [3.05, 3.63) is 96.1 Å². The fraction of sp³-hybridized carbons (Fsp3) is 0.130. The van der Waals surface area contributed by atoms with Crippen LogP contribution in [0.3, 0.4) is 0 Å². The largest absolute Gasteiger partial charge is 0.281 e. The SMILES string of the molecule is CN(CC(=O)NN(Cc1ccccc1)c1ccccc1)S(=O)(=O)c1ccc(C#N)cc1. The lowest BCUT2D eigenvalue weighted by Crippen LogP contribution is -2.47. The van der Waals surface area contributed by atoms with Gasteiger partial charge >= 0.3 is 0 Å². The maximum absolute atomic E-state index is 12.8. The van der Waals surface area contributed by atoms with E-state index in [-0.39, 0.29) is 11.4 Å². The van der Waals surface area contributed by atoms with Crippen molar-refractivity contribution < 1.29 is 13.2 Å². The number of sulfonamides is 1. The molecule has 0 aliphatic rings. The third-order valence-corrected chi connectivity index (χ3v) is 6.39. The summed E-state index contributed by atoms with van der Waals surface area (Å²) in [5.74, 6) is -0.473. The zero-order chi connectivity index (χ0) is 22.3. The summed E-state index contributed by atoms with van der Waals surface area (Å²) in [6.45, 7) is 0.0587. The highest BCUT2D eigenvalue weighted by atomic mass is 32.2. The van der Waals surface area contributed by atoms with Crippen molar-refractivity contribution in [1.29, 1.82) is 5.26 Å². The Labute approximate surface area is 182 Å². The van der Waals surface area contributed by atoms with Gasteiger partial charge < -0.3 is 0 Å². The van der Waals surface area contributed by atoms with Gasteiger partial charge in [-0.2, -0.15) is 9.57 Å². The van der Waals surface area contributed by atoms with Gasteiger partial charge in [0.1, 0.15) is 0 Å². The number of likely N-dealkylation sites (N-methyl/N-ethyl adjacent to an activating group) is 1. The van der Waals surface area contributed by atoms with E-state index >= 15 is 0 Å². The molecule has 0 unspecified atom stereocenters. The number of anilines is 1. The van der Waals surface area contributed by atoms with Gasteiger partial charge in [-0.3, -0.25) is 15.2 Å². The van der Waals surface area contributed by atoms with Gasteiger partial charge in [0.15, 0.2) is 0 Å². The van der Waals surface area contributed by atoms with Crippen molar-refractivity contribution in [2.45, 2.75) is 11.4 Å². The van der Waals surface area contributed by atoms with Crippen molar-refractivity contribution in [1.82, 2.24) is 9.73 Å². The number of hydrazine groups is 1. The van der Waals surface area contributed by atoms with Crippen molar-refractivity contribution in [2.24, 2.45) is 0 Å². The van der Waals surface area contributed by atoms with E-state index < -0.39 is 15.9 Å². The van der Waals surface area contributed by atoms with E-state index in [0.717, 1.165) is 15.6 Å². The number of nitrogens with zero attached hydrogens (tertiary/aromatic N) is 3. The molecule has 31 heavy (non-hydrogen) atoms. The van der Waals surface area contributed by atoms with Gasteiger partial charge in [0, 0.05) is 7.05 Å². The molecule has 0 aliphatic heterocycles. The van der Waals surface area contributed by atoms with Crippen LogP contribution in [-0.4, -0.2) is 32.2 Å². The molecule has 0 spiro atoms. The lowest BCUT2D eigenvalue weighted by Gasteiger charge is -2.26. The Bertz CT molecular complexity index is 1160. The average Bonchev–Trinajstić information content (AvgIpc) is 2.80. The number of nitriles is 1. The molecule has 1 N–H and O–H groups in total. The number of hydrogen-bond acceptors (Lipinski definition) is 5. The Balaban J connectivity index is 1.73. The minimum absolute atomic E-state index is 0.0194. The zero-order valence-electron chi connectivity index (χ0n) is 17.0. The number of benzene rings is 3. The van der Waals surface area contributed by atoms with Crippen LogP contribution in [0.5, 0.6) is 0 Å². The summed E-state index contributed by atoms with van der Waals surface area (Å²) < 4.78 is 26.5. The molecule has 0 bridgehead atoms. The first kappa shape index (κ1) is 22.0. The summed E-state index contributed by atoms with van der Waals surface area (Å²) in [6.07, 6.45) is 0. The molecule has 0 aliphatic carbocycles. The summed E-state index contributed by atoms with van der Waals surface area (Å²) in [5, 5.41) is 10.6. The lowest BCUT2D eigenvalue weighted by molar-refractivity contribution is -0.121. The second kappa shape index (κ2) is 9.89. The van der Waals surface area contributed by atoms with Crippen LogP contribution in [-0.2, 0) is 21.4 Å². The summed E-state index contributed by atoms with van der Waals surface area (Å²) in [5.41, 5.74) is 4.93. The minimum Gasteiger partial charge on any atom is -0.281 e. The molecule has 7 nitrogen and oxygen atoms in total. The molecule has 0 aromatic heterocycles. The number of nitrogens with one attached hydrogen (secondary N) is 1. The second-order valence-corrected chi connectivity index (χ2v) is 8.88. The molecule has 0 saturated heterocycles. The van der Waals surface area contributed by atoms with Crippen LogP contribution in [0.4, 0.5) is 5.69 Å². The first-order valence-electron chi connectivity index (χ1n) is 9.52. The predicted molar refractivity (Wildman–Crippen MR) is 118 cm³/mol. The van der Waals surface area contributed by atoms with E-state index in [1.54, 1.807) is 5.01 Å². The first-order valence-corrected chi connectivity index (χ1v) is 11.0. The van der Waals surface area contributed by atoms with Crippen molar-refractivity contribution in [2.75, 3.05) is 18.6 Å². The highest BCUT2D eigenvalue weighted by molar-refractivity contribution is 7.89. The molecule has 3 aromatic rings. The van der Waals surface area contributed by atoms with Gasteiger partial charge in [-0.05, 0) is 42.0 Å². The molecule has 0 atom stereocenters. The van der Waals surface area contributed by atoms with E-state index in [4.69, 9.17) is 5.26 Å². The van der Waals surface area contributed by atoms with E-state index in [0.29, 0.717) is 12.1 Å². The van der Waals surface area contributed by atoms with Crippen LogP contribution >= 0.6 is 0 Å². The topological polar surface area (TPSA) is 93.5 Å². The Kier molecular flexibility index (Phi) is 7.03. The molecule has 0 heterocycles. The monoisotopic (exact) mass is 434 g/mol. The number of amides is 1. The number of carbonyl (C=O) groups is 1. The van der Waals surface area contributed by atoms with Gasteiger partial charge in [0.05, 0.1) is 35.3 Å². The highest BCUT2D eigenvalue weighted by Crippen LogP contribution is 2.16. The van der Waals surface area contributed by atoms with Crippen LogP contribution in [0.1, 0.15) is 11.1 Å². The van der Waals surface area contributed by atoms with Gasteiger partial charge in [-0.15, -0.1) is 0 Å². The van der Waals surface area contributed by atoms with E-state index in [1.807, 2.05) is 66.7 Å². The Hall–Kier alpha value is -3.67. The molecule has 0 fully saturated rings. The molecule has 3 rings (SSSR count). The Morgan fingerprint density at radius 2 is 1.52 bits per heavy atom. The van der Waals surface area contributed by atoms with Crippen LogP contribution in [0, 0.1) is 11.3 Å². The number of hydrogen-bond donors (Lipinski definition) is 1. The van der Waals surface area contributed by atoms with Crippen molar-refractivity contribution >= 4 is 21.6 Å². The summed E-state index contributed by atoms with van der Waals surface area (Å²) in [7, 11) is -2.53. The normalized spacial score (nSPS) is 11.0. The minimum atomic E-state index is -3.87. The molecule has 3 aromatic carbocycles. The molecular weight excluding hydrogens is 412 g/mol. The van der Waals surface area contributed by atoms with Gasteiger partial charge in [0.25, 0.3) is 5.91 Å². The Morgan fingerprint density at radius 3 is 2.10 bits per heavy atom. The molecule has 158 valence electrons. The molecule has 0 radical (unpaired) electrons. The van der Waals surface area contributed by atoms with Crippen LogP contribution < -0.4 is 10.4 Å². The maximum atomic E-state index is 12.8. The van der Waals surface area contributed by atoms with E-state index in [2.05, 4.69) is 5.43 Å². The van der Waals surface area contributed by atoms with E-state index in [9.17, 15) is 13.2 Å². The number of para-hydroxylation sites is 1. The summed E-state index contributed by atoms with van der Waals surface area (Å²) in [6, 6.07) is 26.5. The fourth-order valence-electron chi connectivity index (χ4n) is 2.92. The standard InChI is InChI=1S/C23H22N4O3S/c1-26(31(29,30)22-14-12-19(16-24)13-15-22)18-23(28)25-27(21-10-6-3-7-11-21)17-20-8-4-2-5-9-20/h2-15H,17-18H2,1H3,(H,25,28). The highest BCUT2D eigenvalue weighted by Gasteiger charge is 2.24. The number of carbonyl (C=O) groups excluding carboxylic acids is 1. The van der Waals surface area contributed by atoms with Crippen LogP contribution in [0.25, 0.3) is 0 Å². The molecule has 1 amide bonds. The first-order chi connectivity index (χ1) is 14.9. The van der Waals surface area contributed by atoms with Gasteiger partial charge in [-0.25, -0.2) is 8.42 Å². The Morgan fingerprint density at radius 1 is 0.935 bits per heavy atom. The van der Waals surface area contributed by atoms with Gasteiger partial charge in [-0.1, -0.05) is 48.5 Å². The van der Waals surface area contributed by atoms with Gasteiger partial charge in [0.2, 0.25) is 10.0 Å². The van der Waals surface area contributed by atoms with Crippen molar-refractivity contribution in [3.63, 3.8) is 0 Å². The average molecular weight is 435 g/mol. The van der Waals surface area contributed by atoms with Crippen molar-refractivity contribution in [3.8, 4) is 6.07 Å². The lowest BCUT2D eigenvalue weighted by atomic mass is 10.2. The third kappa shape index (κ3) is 5.69. The van der Waals surface area contributed by atoms with Crippen LogP contribution in [0.2, 0.25) is 0 Å². The fourth-order valence-corrected chi connectivity index (χ4v) is 4.05. The zero-order valence-corrected chi connectivity index (χ0v) is 17.8. The summed E-state index contributed by atoms with van der Waals surface area (Å²) in [4.78, 5) is 12.7. The van der Waals surface area contributed by atoms with E-state index in [1.165, 1.54) is 31.3 Å². The number of rotatable bonds is 8. The smallest absolute Gasteiger partial charge is 0.253 e. The second-order valence-electron chi connectivity index (χ2n) is 6.84. The molecular formula is C23H22N4O3S. The third-order valence-electron chi connectivity index (χ3n) is 4.57. The molecule has 0 saturated carbocycles. The quantitative estimate of drug-likeness (QED) is 0.550. The maximum Gasteiger partial charge on any atom is 0.253 e. The molecule has 8 heteroatoms. The van der Waals surface area contributed by atoms with Crippen LogP contribution in [0.15, 0.2) is 89.8 Å². The predicted octanol–water partition coefficient (Wildman–Crippen LogP) is 2.92.